The van der Waals surface area contributed by atoms with E-state index in [0.29, 0.717) is 28.9 Å². The largest absolute Gasteiger partial charge is 0.296 e. The quantitative estimate of drug-likeness (QED) is 0.491. The fourth-order valence-corrected chi connectivity index (χ4v) is 4.21. The lowest BCUT2D eigenvalue weighted by Gasteiger charge is -2.09. The number of nitrogens with one attached hydrogen (secondary N) is 1. The first kappa shape index (κ1) is 20.3. The normalized spacial score (nSPS) is 11.0. The zero-order valence-electron chi connectivity index (χ0n) is 16.5. The molecule has 1 amide bonds. The molecule has 2 heterocycles. The van der Waals surface area contributed by atoms with Gasteiger partial charge in [0, 0.05) is 34.4 Å². The lowest BCUT2D eigenvalue weighted by atomic mass is 10.1. The Bertz CT molecular complexity index is 1310. The Morgan fingerprint density at radius 3 is 2.70 bits per heavy atom. The highest BCUT2D eigenvalue weighted by molar-refractivity contribution is 7.15. The van der Waals surface area contributed by atoms with Gasteiger partial charge in [-0.25, -0.2) is 9.67 Å². The van der Waals surface area contributed by atoms with Crippen molar-refractivity contribution in [2.24, 2.45) is 0 Å². The van der Waals surface area contributed by atoms with E-state index >= 15 is 0 Å². The summed E-state index contributed by atoms with van der Waals surface area (Å²) in [5.74, 6) is -0.396. The summed E-state index contributed by atoms with van der Waals surface area (Å²) in [6.07, 6.45) is 2.42. The summed E-state index contributed by atoms with van der Waals surface area (Å²) in [7, 11) is 0. The van der Waals surface area contributed by atoms with E-state index in [1.54, 1.807) is 30.5 Å². The summed E-state index contributed by atoms with van der Waals surface area (Å²) >= 11 is 7.60. The molecule has 0 radical (unpaired) electrons. The predicted octanol–water partition coefficient (Wildman–Crippen LogP) is 4.68. The molecule has 2 aromatic heterocycles. The number of carbonyl (C=O) groups is 1. The first-order valence-corrected chi connectivity index (χ1v) is 10.7. The van der Waals surface area contributed by atoms with E-state index < -0.39 is 5.91 Å². The topological polar surface area (TPSA) is 76.9 Å². The van der Waals surface area contributed by atoms with Crippen LogP contribution in [0.15, 0.2) is 53.5 Å². The highest BCUT2D eigenvalue weighted by Crippen LogP contribution is 2.24. The van der Waals surface area contributed by atoms with Crippen LogP contribution in [0.3, 0.4) is 0 Å². The second-order valence-corrected chi connectivity index (χ2v) is 8.38. The first-order chi connectivity index (χ1) is 14.5. The molecule has 0 bridgehead atoms. The molecule has 0 fully saturated rings. The molecule has 2 aromatic carbocycles. The number of nitrogens with zero attached hydrogens (tertiary/aromatic N) is 3. The average molecular weight is 439 g/mol. The van der Waals surface area contributed by atoms with Crippen LogP contribution in [0.25, 0.3) is 10.8 Å². The van der Waals surface area contributed by atoms with Gasteiger partial charge in [0.25, 0.3) is 11.5 Å². The number of rotatable bonds is 5. The van der Waals surface area contributed by atoms with E-state index in [2.05, 4.69) is 15.4 Å². The van der Waals surface area contributed by atoms with Crippen molar-refractivity contribution in [3.8, 4) is 0 Å². The molecule has 4 aromatic rings. The van der Waals surface area contributed by atoms with E-state index in [1.807, 2.05) is 32.0 Å². The minimum Gasteiger partial charge on any atom is -0.296 e. The molecule has 6 nitrogen and oxygen atoms in total. The van der Waals surface area contributed by atoms with E-state index in [4.69, 9.17) is 11.6 Å². The van der Waals surface area contributed by atoms with Crippen molar-refractivity contribution < 1.29 is 4.79 Å². The first-order valence-electron chi connectivity index (χ1n) is 9.47. The molecule has 4 rings (SSSR count). The van der Waals surface area contributed by atoms with Gasteiger partial charge in [0.2, 0.25) is 0 Å². The van der Waals surface area contributed by atoms with Crippen molar-refractivity contribution >= 4 is 44.7 Å². The molecule has 0 spiro atoms. The maximum Gasteiger partial charge on any atom is 0.278 e. The zero-order valence-corrected chi connectivity index (χ0v) is 18.0. The van der Waals surface area contributed by atoms with Crippen LogP contribution in [0.4, 0.5) is 5.13 Å². The average Bonchev–Trinajstić information content (AvgIpc) is 3.18. The highest BCUT2D eigenvalue weighted by Gasteiger charge is 2.17. The Morgan fingerprint density at radius 1 is 1.20 bits per heavy atom. The third-order valence-corrected chi connectivity index (χ3v) is 6.09. The number of aromatic nitrogens is 3. The van der Waals surface area contributed by atoms with Gasteiger partial charge in [-0.3, -0.25) is 14.9 Å². The molecule has 152 valence electrons. The Labute approximate surface area is 182 Å². The van der Waals surface area contributed by atoms with E-state index in [1.165, 1.54) is 16.0 Å². The van der Waals surface area contributed by atoms with Crippen molar-refractivity contribution in [3.63, 3.8) is 0 Å². The van der Waals surface area contributed by atoms with Gasteiger partial charge in [-0.2, -0.15) is 5.10 Å². The van der Waals surface area contributed by atoms with Crippen molar-refractivity contribution in [1.29, 1.82) is 0 Å². The third-order valence-electron chi connectivity index (χ3n) is 4.77. The molecule has 0 saturated heterocycles. The van der Waals surface area contributed by atoms with Crippen LogP contribution < -0.4 is 10.9 Å². The molecule has 0 atom stereocenters. The minimum atomic E-state index is -0.396. The summed E-state index contributed by atoms with van der Waals surface area (Å²) in [6.45, 7) is 4.16. The molecule has 1 N–H and O–H groups in total. The maximum atomic E-state index is 12.9. The minimum absolute atomic E-state index is 0.203. The Hall–Kier alpha value is -3.03. The van der Waals surface area contributed by atoms with E-state index in [-0.39, 0.29) is 11.3 Å². The van der Waals surface area contributed by atoms with Gasteiger partial charge in [0.05, 0.1) is 5.39 Å². The van der Waals surface area contributed by atoms with Crippen LogP contribution in [-0.4, -0.2) is 20.7 Å². The molecular weight excluding hydrogens is 420 g/mol. The highest BCUT2D eigenvalue weighted by atomic mass is 35.5. The van der Waals surface area contributed by atoms with Gasteiger partial charge in [0.15, 0.2) is 10.8 Å². The predicted molar refractivity (Wildman–Crippen MR) is 121 cm³/mol. The number of thiazole rings is 1. The Kier molecular flexibility index (Phi) is 5.65. The van der Waals surface area contributed by atoms with Crippen molar-refractivity contribution in [2.75, 3.05) is 5.32 Å². The fraction of sp³-hybridized carbons (Fsp3) is 0.182. The third kappa shape index (κ3) is 3.99. The molecule has 0 aliphatic rings. The number of hydrogen-bond donors (Lipinski definition) is 1. The summed E-state index contributed by atoms with van der Waals surface area (Å²) in [5, 5.41) is 9.28. The monoisotopic (exact) mass is 438 g/mol. The van der Waals surface area contributed by atoms with Crippen LogP contribution >= 0.6 is 22.9 Å². The van der Waals surface area contributed by atoms with E-state index in [0.717, 1.165) is 21.0 Å². The number of hydrogen-bond acceptors (Lipinski definition) is 5. The van der Waals surface area contributed by atoms with Gasteiger partial charge in [0.1, 0.15) is 0 Å². The Balaban J connectivity index is 1.59. The number of fused-ring (bicyclic) bond motifs is 1. The SMILES string of the molecule is CCn1nc(C(=O)Nc2ncc(Cc3ccc(C)c(Cl)c3)s2)c2ccccc2c1=O. The summed E-state index contributed by atoms with van der Waals surface area (Å²) in [6, 6.07) is 13.0. The maximum absolute atomic E-state index is 12.9. The number of carbonyl (C=O) groups excluding carboxylic acids is 1. The van der Waals surface area contributed by atoms with Gasteiger partial charge in [-0.1, -0.05) is 41.9 Å². The summed E-state index contributed by atoms with van der Waals surface area (Å²) in [5.41, 5.74) is 2.10. The second kappa shape index (κ2) is 8.38. The number of benzene rings is 2. The van der Waals surface area contributed by atoms with Crippen molar-refractivity contribution in [1.82, 2.24) is 14.8 Å². The van der Waals surface area contributed by atoms with Gasteiger partial charge < -0.3 is 0 Å². The number of amides is 1. The smallest absolute Gasteiger partial charge is 0.278 e. The van der Waals surface area contributed by atoms with Crippen LogP contribution in [0, 0.1) is 6.92 Å². The van der Waals surface area contributed by atoms with Crippen LogP contribution in [0.2, 0.25) is 5.02 Å². The molecule has 0 aliphatic carbocycles. The Morgan fingerprint density at radius 2 is 1.97 bits per heavy atom. The summed E-state index contributed by atoms with van der Waals surface area (Å²) in [4.78, 5) is 30.7. The molecule has 0 aliphatic heterocycles. The van der Waals surface area contributed by atoms with Crippen LogP contribution in [-0.2, 0) is 13.0 Å². The van der Waals surface area contributed by atoms with Gasteiger partial charge in [-0.05, 0) is 37.1 Å². The lowest BCUT2D eigenvalue weighted by Crippen LogP contribution is -2.27. The van der Waals surface area contributed by atoms with Crippen LogP contribution in [0.1, 0.15) is 33.4 Å². The number of halogens is 1. The van der Waals surface area contributed by atoms with Gasteiger partial charge in [-0.15, -0.1) is 11.3 Å². The molecular formula is C22H19ClN4O2S. The lowest BCUT2D eigenvalue weighted by molar-refractivity contribution is 0.102. The van der Waals surface area contributed by atoms with Crippen molar-refractivity contribution in [3.05, 3.63) is 85.7 Å². The molecule has 0 saturated carbocycles. The van der Waals surface area contributed by atoms with Crippen LogP contribution in [0.5, 0.6) is 0 Å². The number of aryl methyl sites for hydroxylation is 2. The summed E-state index contributed by atoms with van der Waals surface area (Å²) < 4.78 is 1.30. The molecule has 8 heteroatoms. The number of anilines is 1. The zero-order chi connectivity index (χ0) is 21.3. The van der Waals surface area contributed by atoms with Crippen molar-refractivity contribution in [2.45, 2.75) is 26.8 Å². The molecule has 30 heavy (non-hydrogen) atoms. The fourth-order valence-electron chi connectivity index (χ4n) is 3.17. The van der Waals surface area contributed by atoms with Gasteiger partial charge >= 0.3 is 0 Å². The van der Waals surface area contributed by atoms with E-state index in [9.17, 15) is 9.59 Å². The molecule has 0 unspecified atom stereocenters. The second-order valence-electron chi connectivity index (χ2n) is 6.86. The standard InChI is InChI=1S/C22H19ClN4O2S/c1-3-27-21(29)17-7-5-4-6-16(17)19(26-27)20(28)25-22-24-12-15(30-22)10-14-9-8-13(2)18(23)11-14/h4-9,11-12H,3,10H2,1-2H3,(H,24,25,28).